The normalized spacial score (nSPS) is 25.7. The molecule has 0 saturated carbocycles. The second-order valence-electron chi connectivity index (χ2n) is 5.00. The molecule has 0 atom stereocenters. The maximum Gasteiger partial charge on any atom is 0.0958 e. The summed E-state index contributed by atoms with van der Waals surface area (Å²) < 4.78 is 5.53. The van der Waals surface area contributed by atoms with Gasteiger partial charge in [0.2, 0.25) is 0 Å². The van der Waals surface area contributed by atoms with E-state index in [-0.39, 0.29) is 11.1 Å². The van der Waals surface area contributed by atoms with Crippen LogP contribution >= 0.6 is 0 Å². The maximum absolute atomic E-state index is 9.98. The van der Waals surface area contributed by atoms with Gasteiger partial charge in [0.25, 0.3) is 0 Å². The first kappa shape index (κ1) is 11.5. The van der Waals surface area contributed by atoms with Crippen molar-refractivity contribution in [2.24, 2.45) is 0 Å². The molecule has 3 heteroatoms. The third kappa shape index (κ3) is 2.10. The Morgan fingerprint density at radius 3 is 2.43 bits per heavy atom. The van der Waals surface area contributed by atoms with Crippen LogP contribution in [0.5, 0.6) is 0 Å². The molecule has 1 heterocycles. The van der Waals surface area contributed by atoms with Crippen LogP contribution in [0.3, 0.4) is 0 Å². The van der Waals surface area contributed by atoms with Crippen LogP contribution < -0.4 is 0 Å². The van der Waals surface area contributed by atoms with E-state index < -0.39 is 0 Å². The molecular weight excluding hydrogens is 178 g/mol. The van der Waals surface area contributed by atoms with Gasteiger partial charge in [0.1, 0.15) is 0 Å². The van der Waals surface area contributed by atoms with Gasteiger partial charge >= 0.3 is 0 Å². The fourth-order valence-corrected chi connectivity index (χ4v) is 2.07. The van der Waals surface area contributed by atoms with Gasteiger partial charge in [-0.15, -0.1) is 0 Å². The zero-order chi connectivity index (χ0) is 11.0. The Balaban J connectivity index is 2.94. The Bertz CT molecular complexity index is 244. The minimum absolute atomic E-state index is 0.261. The molecule has 1 rings (SSSR count). The molecule has 1 aliphatic heterocycles. The molecule has 0 radical (unpaired) electrons. The van der Waals surface area contributed by atoms with Crippen molar-refractivity contribution in [2.75, 3.05) is 6.61 Å². The Labute approximate surface area is 86.3 Å². The number of hydroxylamine groups is 2. The standard InChI is InChI=1S/C11H21NO2/c1-6-14-9-7-10(2,3)12(13)11(4,5)8-9/h7,13H,6,8H2,1-5H3. The van der Waals surface area contributed by atoms with Crippen molar-refractivity contribution in [2.45, 2.75) is 52.1 Å². The van der Waals surface area contributed by atoms with E-state index >= 15 is 0 Å². The Morgan fingerprint density at radius 1 is 1.43 bits per heavy atom. The van der Waals surface area contributed by atoms with Gasteiger partial charge in [0, 0.05) is 12.0 Å². The summed E-state index contributed by atoms with van der Waals surface area (Å²) in [5.74, 6) is 0.979. The van der Waals surface area contributed by atoms with Crippen molar-refractivity contribution in [3.05, 3.63) is 11.8 Å². The predicted molar refractivity (Wildman–Crippen MR) is 56.1 cm³/mol. The Hall–Kier alpha value is -0.540. The summed E-state index contributed by atoms with van der Waals surface area (Å²) in [5.41, 5.74) is -0.616. The fourth-order valence-electron chi connectivity index (χ4n) is 2.07. The topological polar surface area (TPSA) is 32.7 Å². The summed E-state index contributed by atoms with van der Waals surface area (Å²) in [6.45, 7) is 10.6. The average Bonchev–Trinajstić information content (AvgIpc) is 1.99. The summed E-state index contributed by atoms with van der Waals surface area (Å²) in [7, 11) is 0. The summed E-state index contributed by atoms with van der Waals surface area (Å²) >= 11 is 0. The molecule has 0 amide bonds. The molecule has 1 aliphatic rings. The van der Waals surface area contributed by atoms with E-state index in [1.165, 1.54) is 5.06 Å². The summed E-state index contributed by atoms with van der Waals surface area (Å²) in [4.78, 5) is 0. The molecule has 0 aromatic rings. The highest BCUT2D eigenvalue weighted by atomic mass is 16.5. The summed E-state index contributed by atoms with van der Waals surface area (Å²) in [6, 6.07) is 0. The molecule has 0 unspecified atom stereocenters. The van der Waals surface area contributed by atoms with Crippen LogP contribution in [0.15, 0.2) is 11.8 Å². The first-order valence-electron chi connectivity index (χ1n) is 5.13. The van der Waals surface area contributed by atoms with E-state index in [2.05, 4.69) is 0 Å². The van der Waals surface area contributed by atoms with Gasteiger partial charge in [0.05, 0.1) is 17.9 Å². The molecule has 14 heavy (non-hydrogen) atoms. The molecular formula is C11H21NO2. The van der Waals surface area contributed by atoms with Gasteiger partial charge in [0.15, 0.2) is 0 Å². The fraction of sp³-hybridized carbons (Fsp3) is 0.818. The SMILES string of the molecule is CCOC1=CC(C)(C)N(O)C(C)(C)C1. The molecule has 82 valence electrons. The van der Waals surface area contributed by atoms with E-state index in [0.717, 1.165) is 12.2 Å². The first-order valence-corrected chi connectivity index (χ1v) is 5.13. The number of hydrogen-bond donors (Lipinski definition) is 1. The molecule has 0 spiro atoms. The van der Waals surface area contributed by atoms with Gasteiger partial charge < -0.3 is 9.94 Å². The van der Waals surface area contributed by atoms with Crippen LogP contribution in [0, 0.1) is 0 Å². The van der Waals surface area contributed by atoms with Crippen molar-refractivity contribution in [3.63, 3.8) is 0 Å². The lowest BCUT2D eigenvalue weighted by molar-refractivity contribution is -0.217. The Morgan fingerprint density at radius 2 is 2.00 bits per heavy atom. The lowest BCUT2D eigenvalue weighted by Gasteiger charge is -2.46. The highest BCUT2D eigenvalue weighted by Gasteiger charge is 2.41. The van der Waals surface area contributed by atoms with E-state index in [1.54, 1.807) is 0 Å². The molecule has 0 aromatic carbocycles. The van der Waals surface area contributed by atoms with Crippen molar-refractivity contribution < 1.29 is 9.94 Å². The van der Waals surface area contributed by atoms with Crippen LogP contribution in [0.1, 0.15) is 41.0 Å². The van der Waals surface area contributed by atoms with E-state index in [1.807, 2.05) is 40.7 Å². The number of rotatable bonds is 2. The molecule has 0 fully saturated rings. The van der Waals surface area contributed by atoms with Crippen LogP contribution in [0.4, 0.5) is 0 Å². The molecule has 1 N–H and O–H groups in total. The first-order chi connectivity index (χ1) is 6.29. The Kier molecular flexibility index (Phi) is 2.93. The third-order valence-corrected chi connectivity index (χ3v) is 2.57. The average molecular weight is 199 g/mol. The minimum Gasteiger partial charge on any atom is -0.498 e. The number of nitrogens with zero attached hydrogens (tertiary/aromatic N) is 1. The lowest BCUT2D eigenvalue weighted by atomic mass is 9.86. The number of hydrogen-bond acceptors (Lipinski definition) is 3. The van der Waals surface area contributed by atoms with Crippen molar-refractivity contribution >= 4 is 0 Å². The summed E-state index contributed by atoms with van der Waals surface area (Å²) in [5, 5.41) is 11.4. The monoisotopic (exact) mass is 199 g/mol. The second-order valence-corrected chi connectivity index (χ2v) is 5.00. The highest BCUT2D eigenvalue weighted by molar-refractivity contribution is 5.15. The van der Waals surface area contributed by atoms with Crippen molar-refractivity contribution in [1.29, 1.82) is 0 Å². The van der Waals surface area contributed by atoms with Gasteiger partial charge in [-0.25, -0.2) is 0 Å². The van der Waals surface area contributed by atoms with E-state index in [4.69, 9.17) is 4.74 Å². The predicted octanol–water partition coefficient (Wildman–Crippen LogP) is 2.56. The van der Waals surface area contributed by atoms with Crippen LogP contribution in [-0.4, -0.2) is 28.0 Å². The van der Waals surface area contributed by atoms with Crippen molar-refractivity contribution in [3.8, 4) is 0 Å². The maximum atomic E-state index is 9.98. The largest absolute Gasteiger partial charge is 0.498 e. The third-order valence-electron chi connectivity index (χ3n) is 2.57. The second kappa shape index (κ2) is 3.55. The lowest BCUT2D eigenvalue weighted by Crippen LogP contribution is -2.55. The van der Waals surface area contributed by atoms with Crippen LogP contribution in [-0.2, 0) is 4.74 Å². The highest BCUT2D eigenvalue weighted by Crippen LogP contribution is 2.35. The van der Waals surface area contributed by atoms with E-state index in [0.29, 0.717) is 6.61 Å². The molecule has 0 saturated heterocycles. The van der Waals surface area contributed by atoms with Crippen LogP contribution in [0.25, 0.3) is 0 Å². The quantitative estimate of drug-likeness (QED) is 0.742. The zero-order valence-electron chi connectivity index (χ0n) is 9.79. The van der Waals surface area contributed by atoms with Gasteiger partial charge in [-0.05, 0) is 40.7 Å². The molecule has 0 bridgehead atoms. The van der Waals surface area contributed by atoms with E-state index in [9.17, 15) is 5.21 Å². The molecule has 0 aliphatic carbocycles. The summed E-state index contributed by atoms with van der Waals surface area (Å²) in [6.07, 6.45) is 2.74. The molecule has 0 aromatic heterocycles. The van der Waals surface area contributed by atoms with Gasteiger partial charge in [-0.2, -0.15) is 5.06 Å². The van der Waals surface area contributed by atoms with Crippen LogP contribution in [0.2, 0.25) is 0 Å². The van der Waals surface area contributed by atoms with Gasteiger partial charge in [-0.1, -0.05) is 0 Å². The van der Waals surface area contributed by atoms with Gasteiger partial charge in [-0.3, -0.25) is 0 Å². The van der Waals surface area contributed by atoms with Crippen molar-refractivity contribution in [1.82, 2.24) is 5.06 Å². The zero-order valence-corrected chi connectivity index (χ0v) is 9.79. The smallest absolute Gasteiger partial charge is 0.0958 e. The molecule has 3 nitrogen and oxygen atoms in total. The minimum atomic E-state index is -0.355. The number of ether oxygens (including phenoxy) is 1.